The maximum Gasteiger partial charge on any atom is 0.303 e. The Labute approximate surface area is 158 Å². The average molecular weight is 365 g/mol. The lowest BCUT2D eigenvalue weighted by Gasteiger charge is -1.87. The van der Waals surface area contributed by atoms with Gasteiger partial charge >= 0.3 is 5.97 Å². The highest BCUT2D eigenvalue weighted by Gasteiger charge is 1.90. The van der Waals surface area contributed by atoms with Gasteiger partial charge in [0.1, 0.15) is 0 Å². The zero-order chi connectivity index (χ0) is 17.7. The van der Waals surface area contributed by atoms with Crippen LogP contribution in [-0.4, -0.2) is 22.0 Å². The molecule has 0 aliphatic heterocycles. The SMILES string of the molecule is CC/C=C\C/C=C\C/C=C\C/C=C\C/C=C\C/C=C\CCC(=O)O.O.O. The second-order valence-electron chi connectivity index (χ2n) is 5.35. The van der Waals surface area contributed by atoms with Gasteiger partial charge in [-0.1, -0.05) is 79.8 Å². The van der Waals surface area contributed by atoms with Crippen molar-refractivity contribution in [3.8, 4) is 0 Å². The van der Waals surface area contributed by atoms with Crippen LogP contribution in [0.2, 0.25) is 0 Å². The van der Waals surface area contributed by atoms with E-state index in [1.807, 2.05) is 12.2 Å². The van der Waals surface area contributed by atoms with Gasteiger partial charge in [-0.3, -0.25) is 4.79 Å². The summed E-state index contributed by atoms with van der Waals surface area (Å²) in [5, 5.41) is 8.49. The van der Waals surface area contributed by atoms with Gasteiger partial charge in [-0.2, -0.15) is 0 Å². The van der Waals surface area contributed by atoms with Crippen LogP contribution in [0.15, 0.2) is 72.9 Å². The largest absolute Gasteiger partial charge is 0.481 e. The molecule has 0 radical (unpaired) electrons. The summed E-state index contributed by atoms with van der Waals surface area (Å²) in [7, 11) is 0. The molecule has 0 aliphatic carbocycles. The highest BCUT2D eigenvalue weighted by Crippen LogP contribution is 1.97. The van der Waals surface area contributed by atoms with Crippen molar-refractivity contribution >= 4 is 5.97 Å². The molecule has 0 aromatic carbocycles. The van der Waals surface area contributed by atoms with Crippen molar-refractivity contribution in [1.82, 2.24) is 0 Å². The van der Waals surface area contributed by atoms with Gasteiger partial charge in [0.2, 0.25) is 0 Å². The van der Waals surface area contributed by atoms with E-state index < -0.39 is 5.97 Å². The maximum atomic E-state index is 10.3. The second kappa shape index (κ2) is 25.1. The zero-order valence-corrected chi connectivity index (χ0v) is 15.9. The Balaban J connectivity index is -0.00000264. The number of hydrogen-bond donors (Lipinski definition) is 1. The summed E-state index contributed by atoms with van der Waals surface area (Å²) >= 11 is 0. The van der Waals surface area contributed by atoms with Gasteiger partial charge in [0, 0.05) is 6.42 Å². The van der Waals surface area contributed by atoms with Crippen molar-refractivity contribution in [3.63, 3.8) is 0 Å². The van der Waals surface area contributed by atoms with Crippen molar-refractivity contribution < 1.29 is 20.9 Å². The maximum absolute atomic E-state index is 10.3. The number of carboxylic acid groups (broad SMARTS) is 1. The summed E-state index contributed by atoms with van der Waals surface area (Å²) in [6, 6.07) is 0. The molecule has 0 unspecified atom stereocenters. The van der Waals surface area contributed by atoms with Crippen LogP contribution in [0.25, 0.3) is 0 Å². The smallest absolute Gasteiger partial charge is 0.303 e. The third-order valence-corrected chi connectivity index (χ3v) is 3.12. The van der Waals surface area contributed by atoms with Gasteiger partial charge in [-0.05, 0) is 44.9 Å². The van der Waals surface area contributed by atoms with Gasteiger partial charge in [0.15, 0.2) is 0 Å². The van der Waals surface area contributed by atoms with Crippen molar-refractivity contribution in [3.05, 3.63) is 72.9 Å². The molecule has 0 heterocycles. The van der Waals surface area contributed by atoms with Crippen molar-refractivity contribution in [2.75, 3.05) is 0 Å². The van der Waals surface area contributed by atoms with E-state index in [1.54, 1.807) is 0 Å². The number of aliphatic carboxylic acids is 1. The number of carbonyl (C=O) groups is 1. The summed E-state index contributed by atoms with van der Waals surface area (Å²) in [5.74, 6) is -0.741. The minimum atomic E-state index is -0.741. The molecule has 0 rings (SSSR count). The Kier molecular flexibility index (Phi) is 27.6. The standard InChI is InChI=1S/C22H32O2.2H2O/c1-2-3-4-5-6-7-8-9-10-11-12-13-14-15-16-17-18-19-20-21-22(23)24;;/h3-4,6-7,9-10,12-13,15-16,18-19H,2,5,8,11,14,17,20-21H2,1H3,(H,23,24);2*1H2/b4-3-,7-6-,10-9-,13-12-,16-15-,19-18-;;. The van der Waals surface area contributed by atoms with E-state index in [4.69, 9.17) is 5.11 Å². The molecule has 0 saturated carbocycles. The predicted molar refractivity (Wildman–Crippen MR) is 112 cm³/mol. The minimum absolute atomic E-state index is 0. The Hall–Kier alpha value is -2.17. The normalized spacial score (nSPS) is 12.0. The molecule has 26 heavy (non-hydrogen) atoms. The summed E-state index contributed by atoms with van der Waals surface area (Å²) < 4.78 is 0. The molecular formula is C22H36O4. The Morgan fingerprint density at radius 3 is 1.23 bits per heavy atom. The molecule has 0 fully saturated rings. The summed E-state index contributed by atoms with van der Waals surface area (Å²) in [6.45, 7) is 2.15. The Morgan fingerprint density at radius 1 is 0.615 bits per heavy atom. The summed E-state index contributed by atoms with van der Waals surface area (Å²) in [6.07, 6.45) is 32.5. The quantitative estimate of drug-likeness (QED) is 0.443. The number of carboxylic acids is 1. The van der Waals surface area contributed by atoms with E-state index in [0.29, 0.717) is 6.42 Å². The molecule has 0 aromatic rings. The van der Waals surface area contributed by atoms with Gasteiger partial charge in [0.25, 0.3) is 0 Å². The van der Waals surface area contributed by atoms with Crippen LogP contribution in [0.1, 0.15) is 58.3 Å². The molecule has 0 aliphatic rings. The van der Waals surface area contributed by atoms with Crippen LogP contribution in [0, 0.1) is 0 Å². The fourth-order valence-electron chi connectivity index (χ4n) is 1.85. The average Bonchev–Trinajstić information content (AvgIpc) is 2.56. The first kappa shape index (κ1) is 28.6. The van der Waals surface area contributed by atoms with Gasteiger partial charge in [-0.15, -0.1) is 0 Å². The first-order valence-corrected chi connectivity index (χ1v) is 8.89. The first-order valence-electron chi connectivity index (χ1n) is 8.89. The highest BCUT2D eigenvalue weighted by atomic mass is 16.4. The van der Waals surface area contributed by atoms with Crippen LogP contribution in [0.3, 0.4) is 0 Å². The summed E-state index contributed by atoms with van der Waals surface area (Å²) in [5.41, 5.74) is 0. The molecule has 0 atom stereocenters. The summed E-state index contributed by atoms with van der Waals surface area (Å²) in [4.78, 5) is 10.3. The topological polar surface area (TPSA) is 100 Å². The van der Waals surface area contributed by atoms with E-state index in [-0.39, 0.29) is 17.4 Å². The molecule has 0 bridgehead atoms. The second-order valence-corrected chi connectivity index (χ2v) is 5.35. The van der Waals surface area contributed by atoms with Gasteiger partial charge < -0.3 is 16.1 Å². The van der Waals surface area contributed by atoms with Crippen LogP contribution in [0.5, 0.6) is 0 Å². The van der Waals surface area contributed by atoms with Crippen molar-refractivity contribution in [2.45, 2.75) is 58.3 Å². The number of hydrogen-bond acceptors (Lipinski definition) is 1. The van der Waals surface area contributed by atoms with E-state index >= 15 is 0 Å². The minimum Gasteiger partial charge on any atom is -0.481 e. The lowest BCUT2D eigenvalue weighted by Crippen LogP contribution is -1.91. The van der Waals surface area contributed by atoms with E-state index in [9.17, 15) is 4.79 Å². The Bertz CT molecular complexity index is 469. The van der Waals surface area contributed by atoms with E-state index in [0.717, 1.165) is 38.5 Å². The molecular weight excluding hydrogens is 328 g/mol. The third-order valence-electron chi connectivity index (χ3n) is 3.12. The molecule has 4 nitrogen and oxygen atoms in total. The highest BCUT2D eigenvalue weighted by molar-refractivity contribution is 5.66. The molecule has 0 amide bonds. The number of rotatable bonds is 14. The fraction of sp³-hybridized carbons (Fsp3) is 0.409. The van der Waals surface area contributed by atoms with Crippen molar-refractivity contribution in [1.29, 1.82) is 0 Å². The molecule has 4 heteroatoms. The first-order chi connectivity index (χ1) is 11.8. The zero-order valence-electron chi connectivity index (χ0n) is 15.9. The molecule has 148 valence electrons. The van der Waals surface area contributed by atoms with E-state index in [1.165, 1.54) is 0 Å². The lowest BCUT2D eigenvalue weighted by atomic mass is 10.2. The van der Waals surface area contributed by atoms with Crippen molar-refractivity contribution in [2.24, 2.45) is 0 Å². The monoisotopic (exact) mass is 364 g/mol. The van der Waals surface area contributed by atoms with E-state index in [2.05, 4.69) is 67.7 Å². The van der Waals surface area contributed by atoms with Crippen LogP contribution in [0.4, 0.5) is 0 Å². The number of allylic oxidation sites excluding steroid dienone is 12. The molecule has 5 N–H and O–H groups in total. The Morgan fingerprint density at radius 2 is 0.923 bits per heavy atom. The van der Waals surface area contributed by atoms with Crippen LogP contribution < -0.4 is 0 Å². The third kappa shape index (κ3) is 26.7. The predicted octanol–water partition coefficient (Wildman–Crippen LogP) is 4.90. The van der Waals surface area contributed by atoms with Crippen LogP contribution >= 0.6 is 0 Å². The molecule has 0 aromatic heterocycles. The molecule has 0 saturated heterocycles. The molecule has 0 spiro atoms. The fourth-order valence-corrected chi connectivity index (χ4v) is 1.85. The van der Waals surface area contributed by atoms with Crippen LogP contribution in [-0.2, 0) is 4.79 Å². The van der Waals surface area contributed by atoms with Gasteiger partial charge in [0.05, 0.1) is 0 Å². The van der Waals surface area contributed by atoms with Gasteiger partial charge in [-0.25, -0.2) is 0 Å². The lowest BCUT2D eigenvalue weighted by molar-refractivity contribution is -0.136.